The molecule has 1 aromatic carbocycles. The highest BCUT2D eigenvalue weighted by Gasteiger charge is 2.20. The van der Waals surface area contributed by atoms with Gasteiger partial charge in [-0.2, -0.15) is 0 Å². The van der Waals surface area contributed by atoms with Crippen LogP contribution in [0.2, 0.25) is 5.02 Å². The number of benzene rings is 1. The van der Waals surface area contributed by atoms with Crippen LogP contribution in [0.3, 0.4) is 0 Å². The lowest BCUT2D eigenvalue weighted by atomic mass is 10.1. The third kappa shape index (κ3) is 4.25. The monoisotopic (exact) mass is 313 g/mol. The number of quaternary nitrogens is 1. The Hall–Kier alpha value is -1.46. The summed E-state index contributed by atoms with van der Waals surface area (Å²) >= 11 is 6.28. The summed E-state index contributed by atoms with van der Waals surface area (Å²) in [5, 5.41) is 0.548. The molecule has 0 bridgehead atoms. The molecule has 21 heavy (non-hydrogen) atoms. The molecule has 1 atom stereocenters. The van der Waals surface area contributed by atoms with Crippen molar-refractivity contribution in [1.82, 2.24) is 0 Å². The Morgan fingerprint density at radius 3 is 2.76 bits per heavy atom. The molecule has 1 aliphatic rings. The zero-order valence-corrected chi connectivity index (χ0v) is 13.2. The van der Waals surface area contributed by atoms with Gasteiger partial charge in [0.15, 0.2) is 18.0 Å². The molecular weight excluding hydrogens is 292 g/mol. The van der Waals surface area contributed by atoms with Crippen molar-refractivity contribution in [3.63, 3.8) is 0 Å². The van der Waals surface area contributed by atoms with Gasteiger partial charge in [-0.05, 0) is 26.0 Å². The molecule has 1 aromatic rings. The minimum Gasteiger partial charge on any atom is -0.489 e. The van der Waals surface area contributed by atoms with Crippen LogP contribution in [0.25, 0.3) is 0 Å². The minimum absolute atomic E-state index is 0.284. The normalized spacial score (nSPS) is 15.6. The fourth-order valence-corrected chi connectivity index (χ4v) is 2.63. The largest absolute Gasteiger partial charge is 0.489 e. The summed E-state index contributed by atoms with van der Waals surface area (Å²) in [5.74, 6) is 0.982. The molecule has 0 radical (unpaired) electrons. The lowest BCUT2D eigenvalue weighted by Gasteiger charge is -2.22. The lowest BCUT2D eigenvalue weighted by Crippen LogP contribution is -3.14. The predicted octanol–water partition coefficient (Wildman–Crippen LogP) is 0.780. The highest BCUT2D eigenvalue weighted by molar-refractivity contribution is 6.32. The predicted molar refractivity (Wildman–Crippen MR) is 80.9 cm³/mol. The summed E-state index contributed by atoms with van der Waals surface area (Å²) in [4.78, 5) is 12.3. The molecule has 0 fully saturated rings. The molecule has 1 aliphatic heterocycles. The molecular formula is C15H22ClN2O3+. The van der Waals surface area contributed by atoms with E-state index < -0.39 is 0 Å². The molecule has 6 heteroatoms. The number of carbonyl (C=O) groups excluding carboxylic acids is 1. The molecule has 0 aliphatic carbocycles. The number of rotatable bonds is 5. The van der Waals surface area contributed by atoms with E-state index in [0.29, 0.717) is 42.8 Å². The van der Waals surface area contributed by atoms with E-state index in [1.807, 2.05) is 12.1 Å². The maximum absolute atomic E-state index is 11.2. The first-order valence-corrected chi connectivity index (χ1v) is 7.56. The average molecular weight is 314 g/mol. The fraction of sp³-hybridized carbons (Fsp3) is 0.533. The Bertz CT molecular complexity index is 520. The van der Waals surface area contributed by atoms with Gasteiger partial charge in [-0.15, -0.1) is 0 Å². The average Bonchev–Trinajstić information content (AvgIpc) is 2.63. The van der Waals surface area contributed by atoms with Gasteiger partial charge in [0.2, 0.25) is 0 Å². The third-order valence-corrected chi connectivity index (χ3v) is 3.79. The van der Waals surface area contributed by atoms with Gasteiger partial charge in [0, 0.05) is 12.0 Å². The van der Waals surface area contributed by atoms with Crippen molar-refractivity contribution >= 4 is 17.5 Å². The number of carbonyl (C=O) groups is 1. The number of nitrogens with one attached hydrogen (secondary N) is 1. The topological polar surface area (TPSA) is 66.0 Å². The standard InChI is InChI=1S/C15H21ClN2O3/c1-10(2)18(9-14(17)19)8-11-6-12(16)15-13(7-11)20-4-3-5-21-15/h6-7,10H,3-5,8-9H2,1-2H3,(H2,17,19)/p+1. The van der Waals surface area contributed by atoms with Gasteiger partial charge in [-0.3, -0.25) is 4.79 Å². The summed E-state index contributed by atoms with van der Waals surface area (Å²) in [6.45, 7) is 6.30. The van der Waals surface area contributed by atoms with Gasteiger partial charge in [0.1, 0.15) is 6.54 Å². The second-order valence-corrected chi connectivity index (χ2v) is 6.00. The molecule has 116 valence electrons. The van der Waals surface area contributed by atoms with Crippen LogP contribution >= 0.6 is 11.6 Å². The van der Waals surface area contributed by atoms with Gasteiger partial charge in [-0.1, -0.05) is 11.6 Å². The number of hydrogen-bond acceptors (Lipinski definition) is 3. The van der Waals surface area contributed by atoms with E-state index in [2.05, 4.69) is 13.8 Å². The van der Waals surface area contributed by atoms with Crippen LogP contribution in [0.4, 0.5) is 0 Å². The summed E-state index contributed by atoms with van der Waals surface area (Å²) in [7, 11) is 0. The van der Waals surface area contributed by atoms with Gasteiger partial charge >= 0.3 is 0 Å². The zero-order valence-electron chi connectivity index (χ0n) is 12.4. The SMILES string of the molecule is CC(C)[NH+](CC(N)=O)Cc1cc(Cl)c2c(c1)OCCCO2. The van der Waals surface area contributed by atoms with E-state index in [9.17, 15) is 4.79 Å². The van der Waals surface area contributed by atoms with E-state index in [4.69, 9.17) is 26.8 Å². The molecule has 1 heterocycles. The van der Waals surface area contributed by atoms with Crippen LogP contribution in [0, 0.1) is 0 Å². The van der Waals surface area contributed by atoms with Crippen molar-refractivity contribution < 1.29 is 19.2 Å². The lowest BCUT2D eigenvalue weighted by molar-refractivity contribution is -0.927. The summed E-state index contributed by atoms with van der Waals surface area (Å²) < 4.78 is 11.3. The van der Waals surface area contributed by atoms with Gasteiger partial charge < -0.3 is 20.1 Å². The molecule has 1 amide bonds. The number of nitrogens with two attached hydrogens (primary N) is 1. The van der Waals surface area contributed by atoms with Crippen molar-refractivity contribution in [2.24, 2.45) is 5.73 Å². The van der Waals surface area contributed by atoms with Crippen molar-refractivity contribution in [1.29, 1.82) is 0 Å². The maximum atomic E-state index is 11.2. The van der Waals surface area contributed by atoms with E-state index >= 15 is 0 Å². The first-order valence-electron chi connectivity index (χ1n) is 7.18. The maximum Gasteiger partial charge on any atom is 0.272 e. The Kier molecular flexibility index (Phi) is 5.31. The summed E-state index contributed by atoms with van der Waals surface area (Å²) in [6, 6.07) is 4.10. The van der Waals surface area contributed by atoms with Gasteiger partial charge in [-0.25, -0.2) is 0 Å². The van der Waals surface area contributed by atoms with Crippen LogP contribution in [-0.2, 0) is 11.3 Å². The van der Waals surface area contributed by atoms with Gasteiger partial charge in [0.05, 0.1) is 24.3 Å². The van der Waals surface area contributed by atoms with Crippen molar-refractivity contribution in [2.45, 2.75) is 32.9 Å². The van der Waals surface area contributed by atoms with Crippen molar-refractivity contribution in [3.8, 4) is 11.5 Å². The van der Waals surface area contributed by atoms with Gasteiger partial charge in [0.25, 0.3) is 5.91 Å². The zero-order chi connectivity index (χ0) is 15.4. The summed E-state index contributed by atoms with van der Waals surface area (Å²) in [5.41, 5.74) is 6.32. The molecule has 2 rings (SSSR count). The Morgan fingerprint density at radius 1 is 1.38 bits per heavy atom. The number of amides is 1. The Morgan fingerprint density at radius 2 is 2.10 bits per heavy atom. The van der Waals surface area contributed by atoms with Crippen LogP contribution in [0.15, 0.2) is 12.1 Å². The Labute approximate surface area is 130 Å². The quantitative estimate of drug-likeness (QED) is 0.844. The smallest absolute Gasteiger partial charge is 0.272 e. The third-order valence-electron chi connectivity index (χ3n) is 3.51. The molecule has 0 aromatic heterocycles. The number of halogens is 1. The molecule has 1 unspecified atom stereocenters. The van der Waals surface area contributed by atoms with E-state index in [1.54, 1.807) is 0 Å². The first kappa shape index (κ1) is 15.9. The minimum atomic E-state index is -0.306. The highest BCUT2D eigenvalue weighted by Crippen LogP contribution is 2.37. The number of ether oxygens (including phenoxy) is 2. The number of fused-ring (bicyclic) bond motifs is 1. The number of hydrogen-bond donors (Lipinski definition) is 2. The van der Waals surface area contributed by atoms with Crippen LogP contribution in [0.5, 0.6) is 11.5 Å². The highest BCUT2D eigenvalue weighted by atomic mass is 35.5. The van der Waals surface area contributed by atoms with E-state index in [-0.39, 0.29) is 11.9 Å². The Balaban J connectivity index is 2.21. The fourth-order valence-electron chi connectivity index (χ4n) is 2.34. The van der Waals surface area contributed by atoms with Crippen LogP contribution < -0.4 is 20.1 Å². The molecule has 0 spiro atoms. The second-order valence-electron chi connectivity index (χ2n) is 5.59. The summed E-state index contributed by atoms with van der Waals surface area (Å²) in [6.07, 6.45) is 0.839. The van der Waals surface area contributed by atoms with E-state index in [0.717, 1.165) is 16.9 Å². The first-order chi connectivity index (χ1) is 9.97. The van der Waals surface area contributed by atoms with Crippen molar-refractivity contribution in [2.75, 3.05) is 19.8 Å². The molecule has 0 saturated carbocycles. The molecule has 3 N–H and O–H groups in total. The van der Waals surface area contributed by atoms with Crippen LogP contribution in [-0.4, -0.2) is 31.7 Å². The van der Waals surface area contributed by atoms with Crippen molar-refractivity contribution in [3.05, 3.63) is 22.7 Å². The second kappa shape index (κ2) is 7.00. The van der Waals surface area contributed by atoms with Crippen LogP contribution in [0.1, 0.15) is 25.8 Å². The van der Waals surface area contributed by atoms with E-state index in [1.165, 1.54) is 0 Å². The number of primary amides is 1. The molecule has 0 saturated heterocycles. The molecule has 5 nitrogen and oxygen atoms in total.